The average molecular weight is 295 g/mol. The lowest BCUT2D eigenvalue weighted by molar-refractivity contribution is -0.121. The van der Waals surface area contributed by atoms with E-state index in [0.717, 1.165) is 10.4 Å². The Balaban J connectivity index is 1.84. The smallest absolute Gasteiger partial charge is 0.224 e. The van der Waals surface area contributed by atoms with Crippen LogP contribution in [0.1, 0.15) is 21.4 Å². The summed E-state index contributed by atoms with van der Waals surface area (Å²) in [5, 5.41) is 6.90. The van der Waals surface area contributed by atoms with E-state index in [0.29, 0.717) is 13.0 Å². The zero-order chi connectivity index (χ0) is 13.7. The normalized spacial score (nSPS) is 12.3. The van der Waals surface area contributed by atoms with Crippen molar-refractivity contribution in [3.05, 3.63) is 44.3 Å². The van der Waals surface area contributed by atoms with Gasteiger partial charge in [-0.2, -0.15) is 11.3 Å². The summed E-state index contributed by atoms with van der Waals surface area (Å²) in [6.45, 7) is 2.58. The van der Waals surface area contributed by atoms with Crippen molar-refractivity contribution < 1.29 is 9.53 Å². The highest BCUT2D eigenvalue weighted by molar-refractivity contribution is 7.12. The van der Waals surface area contributed by atoms with Gasteiger partial charge in [0.15, 0.2) is 0 Å². The summed E-state index contributed by atoms with van der Waals surface area (Å²) < 4.78 is 5.43. The highest BCUT2D eigenvalue weighted by Crippen LogP contribution is 2.24. The zero-order valence-electron chi connectivity index (χ0n) is 11.0. The molecule has 0 radical (unpaired) electrons. The van der Waals surface area contributed by atoms with Gasteiger partial charge in [0.1, 0.15) is 6.10 Å². The minimum absolute atomic E-state index is 0.0359. The average Bonchev–Trinajstić information content (AvgIpc) is 3.02. The van der Waals surface area contributed by atoms with Crippen molar-refractivity contribution in [2.75, 3.05) is 13.7 Å². The van der Waals surface area contributed by atoms with Crippen molar-refractivity contribution in [3.8, 4) is 0 Å². The largest absolute Gasteiger partial charge is 0.374 e. The van der Waals surface area contributed by atoms with E-state index in [2.05, 4.69) is 24.4 Å². The summed E-state index contributed by atoms with van der Waals surface area (Å²) in [6.07, 6.45) is 0.369. The molecule has 5 heteroatoms. The van der Waals surface area contributed by atoms with Gasteiger partial charge in [-0.15, -0.1) is 11.3 Å². The first-order valence-electron chi connectivity index (χ1n) is 6.06. The molecule has 3 nitrogen and oxygen atoms in total. The van der Waals surface area contributed by atoms with Crippen molar-refractivity contribution in [3.63, 3.8) is 0 Å². The molecule has 0 spiro atoms. The second kappa shape index (κ2) is 6.84. The predicted molar refractivity (Wildman–Crippen MR) is 79.8 cm³/mol. The standard InChI is InChI=1S/C14H17NO2S2/c1-10-3-4-13(19-10)12(17-2)8-15-14(16)7-11-5-6-18-9-11/h3-6,9,12H,7-8H2,1-2H3,(H,15,16)/t12-/m0/s1. The number of methoxy groups -OCH3 is 1. The molecule has 2 aromatic rings. The van der Waals surface area contributed by atoms with Gasteiger partial charge in [-0.05, 0) is 41.4 Å². The van der Waals surface area contributed by atoms with E-state index < -0.39 is 0 Å². The fourth-order valence-electron chi connectivity index (χ4n) is 1.77. The van der Waals surface area contributed by atoms with Crippen molar-refractivity contribution >= 4 is 28.6 Å². The minimum Gasteiger partial charge on any atom is -0.374 e. The van der Waals surface area contributed by atoms with E-state index in [1.807, 2.05) is 16.8 Å². The molecule has 1 N–H and O–H groups in total. The summed E-state index contributed by atoms with van der Waals surface area (Å²) in [5.41, 5.74) is 1.06. The zero-order valence-corrected chi connectivity index (χ0v) is 12.6. The van der Waals surface area contributed by atoms with Crippen LogP contribution in [0.4, 0.5) is 0 Å². The molecule has 0 aliphatic heterocycles. The van der Waals surface area contributed by atoms with Gasteiger partial charge >= 0.3 is 0 Å². The quantitative estimate of drug-likeness (QED) is 0.889. The van der Waals surface area contributed by atoms with Gasteiger partial charge in [-0.1, -0.05) is 0 Å². The van der Waals surface area contributed by atoms with Gasteiger partial charge in [0.05, 0.1) is 6.42 Å². The van der Waals surface area contributed by atoms with Crippen LogP contribution in [0.15, 0.2) is 29.0 Å². The second-order valence-electron chi connectivity index (χ2n) is 4.29. The lowest BCUT2D eigenvalue weighted by atomic mass is 10.2. The summed E-state index contributed by atoms with van der Waals surface area (Å²) in [5.74, 6) is 0.0359. The number of hydrogen-bond acceptors (Lipinski definition) is 4. The molecular weight excluding hydrogens is 278 g/mol. The fourth-order valence-corrected chi connectivity index (χ4v) is 3.40. The van der Waals surface area contributed by atoms with Crippen LogP contribution in [-0.2, 0) is 16.0 Å². The van der Waals surface area contributed by atoms with Crippen molar-refractivity contribution in [1.29, 1.82) is 0 Å². The molecule has 0 saturated carbocycles. The molecule has 1 amide bonds. The number of rotatable bonds is 6. The van der Waals surface area contributed by atoms with Crippen LogP contribution in [0, 0.1) is 6.92 Å². The first kappa shape index (κ1) is 14.2. The van der Waals surface area contributed by atoms with Crippen LogP contribution in [0.2, 0.25) is 0 Å². The SMILES string of the molecule is CO[C@@H](CNC(=O)Cc1ccsc1)c1ccc(C)s1. The van der Waals surface area contributed by atoms with Crippen molar-refractivity contribution in [2.24, 2.45) is 0 Å². The maximum absolute atomic E-state index is 11.8. The Hall–Kier alpha value is -1.17. The van der Waals surface area contributed by atoms with Crippen LogP contribution >= 0.6 is 22.7 Å². The lowest BCUT2D eigenvalue weighted by Crippen LogP contribution is -2.30. The maximum Gasteiger partial charge on any atom is 0.224 e. The molecule has 2 rings (SSSR count). The molecule has 0 unspecified atom stereocenters. The van der Waals surface area contributed by atoms with Crippen LogP contribution < -0.4 is 5.32 Å². The topological polar surface area (TPSA) is 38.3 Å². The molecule has 2 heterocycles. The number of amides is 1. The molecular formula is C14H17NO2S2. The van der Waals surface area contributed by atoms with Gasteiger partial charge in [-0.3, -0.25) is 4.79 Å². The summed E-state index contributed by atoms with van der Waals surface area (Å²) in [7, 11) is 1.67. The van der Waals surface area contributed by atoms with E-state index >= 15 is 0 Å². The Kier molecular flexibility index (Phi) is 5.13. The molecule has 1 atom stereocenters. The van der Waals surface area contributed by atoms with E-state index in [-0.39, 0.29) is 12.0 Å². The van der Waals surface area contributed by atoms with Crippen LogP contribution in [0.25, 0.3) is 0 Å². The van der Waals surface area contributed by atoms with E-state index in [1.165, 1.54) is 4.88 Å². The molecule has 0 aromatic carbocycles. The molecule has 0 bridgehead atoms. The van der Waals surface area contributed by atoms with Gasteiger partial charge < -0.3 is 10.1 Å². The van der Waals surface area contributed by atoms with Gasteiger partial charge in [0, 0.05) is 23.4 Å². The van der Waals surface area contributed by atoms with Crippen LogP contribution in [0.5, 0.6) is 0 Å². The van der Waals surface area contributed by atoms with E-state index in [9.17, 15) is 4.79 Å². The van der Waals surface area contributed by atoms with Gasteiger partial charge in [0.2, 0.25) is 5.91 Å². The number of nitrogens with one attached hydrogen (secondary N) is 1. The third-order valence-electron chi connectivity index (χ3n) is 2.79. The highest BCUT2D eigenvalue weighted by atomic mass is 32.1. The third-order valence-corrected chi connectivity index (χ3v) is 4.62. The van der Waals surface area contributed by atoms with Gasteiger partial charge in [-0.25, -0.2) is 0 Å². The first-order valence-corrected chi connectivity index (χ1v) is 7.82. The third kappa shape index (κ3) is 4.16. The number of ether oxygens (including phenoxy) is 1. The molecule has 0 aliphatic rings. The van der Waals surface area contributed by atoms with Crippen LogP contribution in [0.3, 0.4) is 0 Å². The number of thiophene rings is 2. The summed E-state index contributed by atoms with van der Waals surface area (Å²) >= 11 is 3.31. The number of hydrogen-bond donors (Lipinski definition) is 1. The maximum atomic E-state index is 11.8. The minimum atomic E-state index is -0.0647. The predicted octanol–water partition coefficient (Wildman–Crippen LogP) is 3.16. The highest BCUT2D eigenvalue weighted by Gasteiger charge is 2.14. The van der Waals surface area contributed by atoms with Crippen LogP contribution in [-0.4, -0.2) is 19.6 Å². The van der Waals surface area contributed by atoms with E-state index in [1.54, 1.807) is 29.8 Å². The molecule has 0 saturated heterocycles. The second-order valence-corrected chi connectivity index (χ2v) is 6.38. The molecule has 0 aliphatic carbocycles. The Morgan fingerprint density at radius 3 is 2.84 bits per heavy atom. The molecule has 102 valence electrons. The lowest BCUT2D eigenvalue weighted by Gasteiger charge is -2.14. The number of carbonyl (C=O) groups excluding carboxylic acids is 1. The van der Waals surface area contributed by atoms with E-state index in [4.69, 9.17) is 4.74 Å². The summed E-state index contributed by atoms with van der Waals surface area (Å²) in [6, 6.07) is 6.10. The Morgan fingerprint density at radius 2 is 2.26 bits per heavy atom. The summed E-state index contributed by atoms with van der Waals surface area (Å²) in [4.78, 5) is 14.2. The Morgan fingerprint density at radius 1 is 1.42 bits per heavy atom. The molecule has 19 heavy (non-hydrogen) atoms. The van der Waals surface area contributed by atoms with Crippen molar-refractivity contribution in [1.82, 2.24) is 5.32 Å². The first-order chi connectivity index (χ1) is 9.19. The Bertz CT molecular complexity index is 519. The Labute approximate surface area is 121 Å². The van der Waals surface area contributed by atoms with Crippen molar-refractivity contribution in [2.45, 2.75) is 19.4 Å². The van der Waals surface area contributed by atoms with Gasteiger partial charge in [0.25, 0.3) is 0 Å². The number of carbonyl (C=O) groups is 1. The molecule has 0 fully saturated rings. The fraction of sp³-hybridized carbons (Fsp3) is 0.357. The molecule has 2 aromatic heterocycles. The number of aryl methyl sites for hydroxylation is 1. The monoisotopic (exact) mass is 295 g/mol.